The van der Waals surface area contributed by atoms with Crippen LogP contribution in [0.1, 0.15) is 16.8 Å². The average Bonchev–Trinajstić information content (AvgIpc) is 2.60. The highest BCUT2D eigenvalue weighted by molar-refractivity contribution is 5.60. The highest BCUT2D eigenvalue weighted by atomic mass is 19.4. The van der Waals surface area contributed by atoms with Crippen LogP contribution in [0, 0.1) is 12.7 Å². The zero-order valence-electron chi connectivity index (χ0n) is 14.3. The maximum absolute atomic E-state index is 13.1. The van der Waals surface area contributed by atoms with E-state index in [2.05, 4.69) is 20.6 Å². The van der Waals surface area contributed by atoms with Crippen LogP contribution in [-0.2, 0) is 12.7 Å². The van der Waals surface area contributed by atoms with E-state index in [-0.39, 0.29) is 17.5 Å². The minimum Gasteiger partial charge on any atom is -0.366 e. The van der Waals surface area contributed by atoms with E-state index in [4.69, 9.17) is 0 Å². The lowest BCUT2D eigenvalue weighted by atomic mass is 10.1. The molecule has 140 valence electrons. The molecule has 3 aromatic rings. The lowest BCUT2D eigenvalue weighted by molar-refractivity contribution is -0.136. The third kappa shape index (κ3) is 4.93. The van der Waals surface area contributed by atoms with Crippen molar-refractivity contribution in [2.24, 2.45) is 0 Å². The molecular formula is C19H16F4N4. The lowest BCUT2D eigenvalue weighted by Crippen LogP contribution is -2.10. The molecule has 0 spiro atoms. The summed E-state index contributed by atoms with van der Waals surface area (Å²) in [6, 6.07) is 12.8. The first-order valence-electron chi connectivity index (χ1n) is 8.08. The molecule has 3 rings (SSSR count). The molecule has 0 saturated carbocycles. The number of anilines is 3. The van der Waals surface area contributed by atoms with Gasteiger partial charge in [0.25, 0.3) is 0 Å². The number of hydrogen-bond acceptors (Lipinski definition) is 4. The average molecular weight is 376 g/mol. The molecule has 2 aromatic carbocycles. The standard InChI is InChI=1S/C19H16F4N4/c1-12-10-17(24-11-13-6-8-14(20)9-7-13)27-18(25-12)26-16-5-3-2-4-15(16)19(21,22)23/h2-10H,11H2,1H3,(H2,24,25,26,27). The van der Waals surface area contributed by atoms with Gasteiger partial charge in [0, 0.05) is 18.3 Å². The van der Waals surface area contributed by atoms with Gasteiger partial charge in [-0.3, -0.25) is 0 Å². The molecule has 1 heterocycles. The Bertz CT molecular complexity index is 924. The number of nitrogens with zero attached hydrogens (tertiary/aromatic N) is 2. The SMILES string of the molecule is Cc1cc(NCc2ccc(F)cc2)nc(Nc2ccccc2C(F)(F)F)n1. The molecular weight excluding hydrogens is 360 g/mol. The Kier molecular flexibility index (Phi) is 5.25. The van der Waals surface area contributed by atoms with Gasteiger partial charge in [-0.05, 0) is 36.8 Å². The summed E-state index contributed by atoms with van der Waals surface area (Å²) in [4.78, 5) is 8.35. The Labute approximate surface area is 153 Å². The summed E-state index contributed by atoms with van der Waals surface area (Å²) in [5.74, 6) is 0.165. The summed E-state index contributed by atoms with van der Waals surface area (Å²) in [5.41, 5.74) is 0.499. The van der Waals surface area contributed by atoms with Crippen LogP contribution in [0.4, 0.5) is 35.0 Å². The second kappa shape index (κ2) is 7.61. The molecule has 0 radical (unpaired) electrons. The number of alkyl halides is 3. The largest absolute Gasteiger partial charge is 0.418 e. The van der Waals surface area contributed by atoms with Crippen LogP contribution in [0.15, 0.2) is 54.6 Å². The van der Waals surface area contributed by atoms with Crippen LogP contribution in [0.2, 0.25) is 0 Å². The van der Waals surface area contributed by atoms with E-state index >= 15 is 0 Å². The van der Waals surface area contributed by atoms with E-state index in [0.717, 1.165) is 11.6 Å². The van der Waals surface area contributed by atoms with Gasteiger partial charge >= 0.3 is 6.18 Å². The van der Waals surface area contributed by atoms with Crippen LogP contribution in [0.3, 0.4) is 0 Å². The van der Waals surface area contributed by atoms with Crippen molar-refractivity contribution in [2.45, 2.75) is 19.6 Å². The van der Waals surface area contributed by atoms with Gasteiger partial charge in [-0.15, -0.1) is 0 Å². The number of aryl methyl sites for hydroxylation is 1. The molecule has 0 saturated heterocycles. The molecule has 27 heavy (non-hydrogen) atoms. The van der Waals surface area contributed by atoms with Crippen LogP contribution < -0.4 is 10.6 Å². The zero-order chi connectivity index (χ0) is 19.4. The van der Waals surface area contributed by atoms with E-state index in [1.807, 2.05) is 0 Å². The molecule has 0 atom stereocenters. The van der Waals surface area contributed by atoms with Gasteiger partial charge in [-0.25, -0.2) is 9.37 Å². The number of halogens is 4. The molecule has 0 bridgehead atoms. The second-order valence-electron chi connectivity index (χ2n) is 5.87. The Morgan fingerprint density at radius 2 is 1.67 bits per heavy atom. The smallest absolute Gasteiger partial charge is 0.366 e. The van der Waals surface area contributed by atoms with Crippen LogP contribution >= 0.6 is 0 Å². The molecule has 4 nitrogen and oxygen atoms in total. The molecule has 8 heteroatoms. The Morgan fingerprint density at radius 1 is 0.963 bits per heavy atom. The predicted octanol–water partition coefficient (Wildman–Crippen LogP) is 5.30. The Morgan fingerprint density at radius 3 is 2.37 bits per heavy atom. The maximum Gasteiger partial charge on any atom is 0.418 e. The first kappa shape index (κ1) is 18.6. The van der Waals surface area contributed by atoms with Crippen molar-refractivity contribution in [2.75, 3.05) is 10.6 Å². The number of para-hydroxylation sites is 1. The van der Waals surface area contributed by atoms with Crippen molar-refractivity contribution in [3.05, 3.63) is 77.2 Å². The number of hydrogen-bond donors (Lipinski definition) is 2. The quantitative estimate of drug-likeness (QED) is 0.594. The van der Waals surface area contributed by atoms with E-state index in [0.29, 0.717) is 18.1 Å². The molecule has 0 aliphatic heterocycles. The fraction of sp³-hybridized carbons (Fsp3) is 0.158. The molecule has 0 amide bonds. The fourth-order valence-electron chi connectivity index (χ4n) is 2.47. The van der Waals surface area contributed by atoms with Gasteiger partial charge in [0.05, 0.1) is 11.3 Å². The van der Waals surface area contributed by atoms with Gasteiger partial charge in [0.15, 0.2) is 0 Å². The van der Waals surface area contributed by atoms with E-state index in [1.165, 1.54) is 30.3 Å². The van der Waals surface area contributed by atoms with Gasteiger partial charge in [-0.1, -0.05) is 24.3 Å². The van der Waals surface area contributed by atoms with Crippen molar-refractivity contribution in [1.82, 2.24) is 9.97 Å². The van der Waals surface area contributed by atoms with Gasteiger partial charge < -0.3 is 10.6 Å². The summed E-state index contributed by atoms with van der Waals surface area (Å²) in [5, 5.41) is 5.69. The minimum atomic E-state index is -4.49. The summed E-state index contributed by atoms with van der Waals surface area (Å²) >= 11 is 0. The molecule has 0 fully saturated rings. The van der Waals surface area contributed by atoms with Crippen molar-refractivity contribution in [1.29, 1.82) is 0 Å². The molecule has 2 N–H and O–H groups in total. The normalized spacial score (nSPS) is 11.3. The van der Waals surface area contributed by atoms with Gasteiger partial charge in [-0.2, -0.15) is 18.2 Å². The zero-order valence-corrected chi connectivity index (χ0v) is 14.3. The summed E-state index contributed by atoms with van der Waals surface area (Å²) in [6.45, 7) is 2.10. The summed E-state index contributed by atoms with van der Waals surface area (Å²) < 4.78 is 52.3. The molecule has 0 aliphatic rings. The minimum absolute atomic E-state index is 0.0494. The summed E-state index contributed by atoms with van der Waals surface area (Å²) in [6.07, 6.45) is -4.49. The lowest BCUT2D eigenvalue weighted by Gasteiger charge is -2.14. The van der Waals surface area contributed by atoms with Crippen LogP contribution in [-0.4, -0.2) is 9.97 Å². The number of aromatic nitrogens is 2. The van der Waals surface area contributed by atoms with Crippen LogP contribution in [0.5, 0.6) is 0 Å². The third-order valence-electron chi connectivity index (χ3n) is 3.72. The molecule has 1 aromatic heterocycles. The van der Waals surface area contributed by atoms with Crippen molar-refractivity contribution in [3.63, 3.8) is 0 Å². The highest BCUT2D eigenvalue weighted by Gasteiger charge is 2.33. The fourth-order valence-corrected chi connectivity index (χ4v) is 2.47. The topological polar surface area (TPSA) is 49.8 Å². The Hall–Kier alpha value is -3.16. The van der Waals surface area contributed by atoms with E-state index in [9.17, 15) is 17.6 Å². The summed E-state index contributed by atoms with van der Waals surface area (Å²) in [7, 11) is 0. The van der Waals surface area contributed by atoms with Crippen molar-refractivity contribution in [3.8, 4) is 0 Å². The number of nitrogens with one attached hydrogen (secondary N) is 2. The monoisotopic (exact) mass is 376 g/mol. The van der Waals surface area contributed by atoms with Crippen molar-refractivity contribution < 1.29 is 17.6 Å². The highest BCUT2D eigenvalue weighted by Crippen LogP contribution is 2.35. The third-order valence-corrected chi connectivity index (χ3v) is 3.72. The predicted molar refractivity (Wildman–Crippen MR) is 95.2 cm³/mol. The van der Waals surface area contributed by atoms with E-state index < -0.39 is 11.7 Å². The first-order chi connectivity index (χ1) is 12.8. The Balaban J connectivity index is 1.79. The first-order valence-corrected chi connectivity index (χ1v) is 8.08. The maximum atomic E-state index is 13.1. The number of rotatable bonds is 5. The number of benzene rings is 2. The van der Waals surface area contributed by atoms with Crippen LogP contribution in [0.25, 0.3) is 0 Å². The molecule has 0 unspecified atom stereocenters. The van der Waals surface area contributed by atoms with Gasteiger partial charge in [0.2, 0.25) is 5.95 Å². The van der Waals surface area contributed by atoms with Gasteiger partial charge in [0.1, 0.15) is 11.6 Å². The molecule has 0 aliphatic carbocycles. The second-order valence-corrected chi connectivity index (χ2v) is 5.87. The van der Waals surface area contributed by atoms with Crippen molar-refractivity contribution >= 4 is 17.5 Å². The van der Waals surface area contributed by atoms with E-state index in [1.54, 1.807) is 25.1 Å².